The molecule has 0 aliphatic heterocycles. The third-order valence-corrected chi connectivity index (χ3v) is 1.62. The number of aliphatic hydroxyl groups is 1. The van der Waals surface area contributed by atoms with Crippen LogP contribution in [0.25, 0.3) is 0 Å². The lowest BCUT2D eigenvalue weighted by Gasteiger charge is -2.22. The largest absolute Gasteiger partial charge is 0.464 e. The maximum absolute atomic E-state index is 11.1. The molecule has 0 amide bonds. The molecular weight excluding hydrogens is 160 g/mol. The Kier molecular flexibility index (Phi) is 4.85. The van der Waals surface area contributed by atoms with Gasteiger partial charge >= 0.3 is 5.97 Å². The van der Waals surface area contributed by atoms with Crippen molar-refractivity contribution in [2.45, 2.75) is 25.9 Å². The van der Waals surface area contributed by atoms with Gasteiger partial charge in [0.05, 0.1) is 13.2 Å². The van der Waals surface area contributed by atoms with E-state index in [9.17, 15) is 9.90 Å². The summed E-state index contributed by atoms with van der Waals surface area (Å²) in [7, 11) is 1.43. The van der Waals surface area contributed by atoms with Crippen molar-refractivity contribution < 1.29 is 19.4 Å². The third kappa shape index (κ3) is 2.79. The van der Waals surface area contributed by atoms with Gasteiger partial charge in [-0.2, -0.15) is 0 Å². The zero-order chi connectivity index (χ0) is 9.61. The third-order valence-electron chi connectivity index (χ3n) is 1.62. The smallest absolute Gasteiger partial charge is 0.340 e. The molecule has 1 N–H and O–H groups in total. The van der Waals surface area contributed by atoms with E-state index in [1.54, 1.807) is 13.8 Å². The van der Waals surface area contributed by atoms with Crippen LogP contribution < -0.4 is 0 Å². The van der Waals surface area contributed by atoms with Gasteiger partial charge < -0.3 is 14.6 Å². The number of methoxy groups -OCH3 is 1. The summed E-state index contributed by atoms with van der Waals surface area (Å²) in [5.41, 5.74) is -1.48. The van der Waals surface area contributed by atoms with Gasteiger partial charge in [0.25, 0.3) is 0 Å². The van der Waals surface area contributed by atoms with Crippen molar-refractivity contribution in [3.63, 3.8) is 0 Å². The van der Waals surface area contributed by atoms with Crippen LogP contribution in [0, 0.1) is 0 Å². The summed E-state index contributed by atoms with van der Waals surface area (Å²) in [5, 5.41) is 9.62. The normalized spacial score (nSPS) is 15.3. The van der Waals surface area contributed by atoms with Gasteiger partial charge in [-0.15, -0.1) is 0 Å². The maximum atomic E-state index is 11.1. The summed E-state index contributed by atoms with van der Waals surface area (Å²) >= 11 is 0. The van der Waals surface area contributed by atoms with Gasteiger partial charge in [-0.25, -0.2) is 4.79 Å². The molecule has 0 saturated heterocycles. The highest BCUT2D eigenvalue weighted by molar-refractivity contribution is 5.79. The van der Waals surface area contributed by atoms with Crippen LogP contribution in [0.5, 0.6) is 0 Å². The first-order chi connectivity index (χ1) is 5.60. The summed E-state index contributed by atoms with van der Waals surface area (Å²) in [4.78, 5) is 11.1. The fourth-order valence-corrected chi connectivity index (χ4v) is 0.810. The number of esters is 1. The molecule has 4 heteroatoms. The average molecular weight is 176 g/mol. The zero-order valence-electron chi connectivity index (χ0n) is 7.79. The highest BCUT2D eigenvalue weighted by Crippen LogP contribution is 2.12. The van der Waals surface area contributed by atoms with E-state index < -0.39 is 11.6 Å². The van der Waals surface area contributed by atoms with Crippen LogP contribution in [0.15, 0.2) is 0 Å². The summed E-state index contributed by atoms with van der Waals surface area (Å²) in [6, 6.07) is 0. The second-order valence-electron chi connectivity index (χ2n) is 2.54. The molecule has 0 aromatic carbocycles. The van der Waals surface area contributed by atoms with Gasteiger partial charge in [0.15, 0.2) is 5.60 Å². The van der Waals surface area contributed by atoms with E-state index in [1.165, 1.54) is 7.11 Å². The highest BCUT2D eigenvalue weighted by atomic mass is 16.6. The minimum absolute atomic E-state index is 0.0255. The Hall–Kier alpha value is -0.610. The summed E-state index contributed by atoms with van der Waals surface area (Å²) < 4.78 is 9.40. The summed E-state index contributed by atoms with van der Waals surface area (Å²) in [6.45, 7) is 3.64. The number of hydrogen-bond acceptors (Lipinski definition) is 4. The number of rotatable bonds is 5. The van der Waals surface area contributed by atoms with E-state index in [0.29, 0.717) is 6.42 Å². The standard InChI is InChI=1S/C8H16O4/c1-4-8(10,6-11-3)7(9)12-5-2/h10H,4-6H2,1-3H3. The fourth-order valence-electron chi connectivity index (χ4n) is 0.810. The lowest BCUT2D eigenvalue weighted by molar-refractivity contribution is -0.170. The minimum Gasteiger partial charge on any atom is -0.464 e. The van der Waals surface area contributed by atoms with Crippen LogP contribution in [-0.4, -0.2) is 37.0 Å². The zero-order valence-corrected chi connectivity index (χ0v) is 7.79. The predicted molar refractivity (Wildman–Crippen MR) is 43.7 cm³/mol. The van der Waals surface area contributed by atoms with Gasteiger partial charge in [-0.3, -0.25) is 0 Å². The summed E-state index contributed by atoms with van der Waals surface area (Å²) in [5.74, 6) is -0.616. The van der Waals surface area contributed by atoms with Crippen molar-refractivity contribution in [1.29, 1.82) is 0 Å². The van der Waals surface area contributed by atoms with Crippen LogP contribution in [0.2, 0.25) is 0 Å². The molecular formula is C8H16O4. The van der Waals surface area contributed by atoms with E-state index >= 15 is 0 Å². The number of carbonyl (C=O) groups is 1. The van der Waals surface area contributed by atoms with Crippen LogP contribution in [0.4, 0.5) is 0 Å². The molecule has 0 aliphatic carbocycles. The summed E-state index contributed by atoms with van der Waals surface area (Å²) in [6.07, 6.45) is 0.291. The lowest BCUT2D eigenvalue weighted by Crippen LogP contribution is -2.43. The predicted octanol–water partition coefficient (Wildman–Crippen LogP) is 0.337. The van der Waals surface area contributed by atoms with Crippen LogP contribution in [0.1, 0.15) is 20.3 Å². The molecule has 0 saturated carbocycles. The highest BCUT2D eigenvalue weighted by Gasteiger charge is 2.35. The molecule has 1 unspecified atom stereocenters. The van der Waals surface area contributed by atoms with Crippen LogP contribution in [-0.2, 0) is 14.3 Å². The van der Waals surface area contributed by atoms with Crippen LogP contribution in [0.3, 0.4) is 0 Å². The van der Waals surface area contributed by atoms with Gasteiger partial charge in [-0.05, 0) is 13.3 Å². The molecule has 72 valence electrons. The molecule has 0 radical (unpaired) electrons. The van der Waals surface area contributed by atoms with Crippen LogP contribution >= 0.6 is 0 Å². The second-order valence-corrected chi connectivity index (χ2v) is 2.54. The van der Waals surface area contributed by atoms with Gasteiger partial charge in [0.2, 0.25) is 0 Å². The Balaban J connectivity index is 4.18. The maximum Gasteiger partial charge on any atom is 0.340 e. The Bertz CT molecular complexity index is 146. The van der Waals surface area contributed by atoms with E-state index in [0.717, 1.165) is 0 Å². The molecule has 0 heterocycles. The van der Waals surface area contributed by atoms with Crippen molar-refractivity contribution in [3.05, 3.63) is 0 Å². The Morgan fingerprint density at radius 3 is 2.42 bits per heavy atom. The SMILES string of the molecule is CCOC(=O)C(O)(CC)COC. The molecule has 0 bridgehead atoms. The van der Waals surface area contributed by atoms with E-state index in [4.69, 9.17) is 4.74 Å². The molecule has 0 spiro atoms. The number of ether oxygens (including phenoxy) is 2. The molecule has 0 rings (SSSR count). The first-order valence-corrected chi connectivity index (χ1v) is 3.99. The van der Waals surface area contributed by atoms with E-state index in [-0.39, 0.29) is 13.2 Å². The second kappa shape index (κ2) is 5.11. The first-order valence-electron chi connectivity index (χ1n) is 3.99. The monoisotopic (exact) mass is 176 g/mol. The van der Waals surface area contributed by atoms with Gasteiger partial charge in [-0.1, -0.05) is 6.92 Å². The molecule has 0 aromatic rings. The van der Waals surface area contributed by atoms with Crippen molar-refractivity contribution >= 4 is 5.97 Å². The Morgan fingerprint density at radius 1 is 1.50 bits per heavy atom. The molecule has 0 fully saturated rings. The lowest BCUT2D eigenvalue weighted by atomic mass is 10.0. The quantitative estimate of drug-likeness (QED) is 0.613. The average Bonchev–Trinajstić information content (AvgIpc) is 2.05. The Morgan fingerprint density at radius 2 is 2.08 bits per heavy atom. The van der Waals surface area contributed by atoms with Crippen molar-refractivity contribution in [1.82, 2.24) is 0 Å². The number of hydrogen-bond donors (Lipinski definition) is 1. The van der Waals surface area contributed by atoms with Gasteiger partial charge in [0, 0.05) is 7.11 Å². The van der Waals surface area contributed by atoms with Gasteiger partial charge in [0.1, 0.15) is 0 Å². The topological polar surface area (TPSA) is 55.8 Å². The van der Waals surface area contributed by atoms with Crippen molar-refractivity contribution in [2.24, 2.45) is 0 Å². The fraction of sp³-hybridized carbons (Fsp3) is 0.875. The van der Waals surface area contributed by atoms with Crippen molar-refractivity contribution in [2.75, 3.05) is 20.3 Å². The molecule has 1 atom stereocenters. The molecule has 0 aromatic heterocycles. The number of carbonyl (C=O) groups excluding carboxylic acids is 1. The van der Waals surface area contributed by atoms with E-state index in [2.05, 4.69) is 4.74 Å². The first kappa shape index (κ1) is 11.4. The molecule has 0 aliphatic rings. The van der Waals surface area contributed by atoms with E-state index in [1.807, 2.05) is 0 Å². The molecule has 4 nitrogen and oxygen atoms in total. The minimum atomic E-state index is -1.48. The van der Waals surface area contributed by atoms with Crippen molar-refractivity contribution in [3.8, 4) is 0 Å². The molecule has 12 heavy (non-hydrogen) atoms. The Labute approximate surface area is 72.5 Å².